The van der Waals surface area contributed by atoms with Crippen LogP contribution in [0.3, 0.4) is 0 Å². The van der Waals surface area contributed by atoms with Crippen molar-refractivity contribution in [3.63, 3.8) is 0 Å². The number of carbonyl (C=O) groups is 1. The molecule has 0 spiro atoms. The molecule has 2 aromatic rings. The molecule has 30 heavy (non-hydrogen) atoms. The fourth-order valence-electron chi connectivity index (χ4n) is 3.77. The molecule has 11 heteroatoms. The largest absolute Gasteiger partial charge is 0.505 e. The van der Waals surface area contributed by atoms with Crippen LogP contribution in [0.25, 0.3) is 0 Å². The normalized spacial score (nSPS) is 16.4. The minimum Gasteiger partial charge on any atom is -0.505 e. The van der Waals surface area contributed by atoms with E-state index in [2.05, 4.69) is 0 Å². The molecule has 8 nitrogen and oxygen atoms in total. The summed E-state index contributed by atoms with van der Waals surface area (Å²) in [6.07, 6.45) is 0.960. The van der Waals surface area contributed by atoms with Crippen LogP contribution in [-0.4, -0.2) is 37.3 Å². The first-order valence-corrected chi connectivity index (χ1v) is 10.6. The molecule has 6 N–H and O–H groups in total. The van der Waals surface area contributed by atoms with Gasteiger partial charge in [0.1, 0.15) is 11.6 Å². The number of phenolic OH excluding ortho intramolecular Hbond substituents is 1. The van der Waals surface area contributed by atoms with E-state index in [0.717, 1.165) is 4.90 Å². The number of nitrogens with zero attached hydrogens (tertiary/aromatic N) is 2. The number of piperidine rings is 1. The quantitative estimate of drug-likeness (QED) is 0.513. The molecule has 1 aliphatic rings. The lowest BCUT2D eigenvalue weighted by Crippen LogP contribution is -2.34. The van der Waals surface area contributed by atoms with Crippen LogP contribution in [0.1, 0.15) is 29.9 Å². The van der Waals surface area contributed by atoms with Gasteiger partial charge in [0, 0.05) is 35.8 Å². The van der Waals surface area contributed by atoms with Gasteiger partial charge in [0.2, 0.25) is 11.3 Å². The molecule has 0 aromatic heterocycles. The number of hydrogen-bond donors (Lipinski definition) is 4. The summed E-state index contributed by atoms with van der Waals surface area (Å²) < 4.78 is 36.1. The fraction of sp³-hybridized carbons (Fsp3) is 0.316. The average Bonchev–Trinajstić information content (AvgIpc) is 2.70. The van der Waals surface area contributed by atoms with Crippen LogP contribution in [0.5, 0.6) is 5.75 Å². The highest BCUT2D eigenvalue weighted by Gasteiger charge is 2.30. The topological polar surface area (TPSA) is 133 Å². The monoisotopic (exact) mass is 456 g/mol. The molecule has 3 rings (SSSR count). The van der Waals surface area contributed by atoms with Gasteiger partial charge in [-0.3, -0.25) is 9.45 Å². The summed E-state index contributed by atoms with van der Waals surface area (Å²) in [6, 6.07) is 6.15. The van der Waals surface area contributed by atoms with Gasteiger partial charge in [0.15, 0.2) is 0 Å². The third kappa shape index (κ3) is 4.28. The van der Waals surface area contributed by atoms with Crippen LogP contribution in [0.15, 0.2) is 30.3 Å². The second-order valence-electron chi connectivity index (χ2n) is 6.88. The third-order valence-corrected chi connectivity index (χ3v) is 6.36. The number of aromatic hydroxyl groups is 1. The molecule has 1 atom stereocenters. The van der Waals surface area contributed by atoms with Gasteiger partial charge in [-0.1, -0.05) is 17.7 Å². The van der Waals surface area contributed by atoms with Gasteiger partial charge in [-0.05, 0) is 43.0 Å². The highest BCUT2D eigenvalue weighted by atomic mass is 35.5. The Labute approximate surface area is 180 Å². The van der Waals surface area contributed by atoms with Crippen molar-refractivity contribution in [1.29, 1.82) is 0 Å². The van der Waals surface area contributed by atoms with E-state index in [4.69, 9.17) is 23.1 Å². The first-order valence-electron chi connectivity index (χ1n) is 9.20. The molecule has 162 valence electrons. The SMILES string of the molecule is NCc1c(F)cccc1N(C(N)=O)c1ccc(Cl)c(C2CCN(S(=O)O)CC2)c1O. The number of hydrogen-bond acceptors (Lipinski definition) is 4. The van der Waals surface area contributed by atoms with Crippen molar-refractivity contribution in [2.75, 3.05) is 18.0 Å². The molecule has 1 fully saturated rings. The summed E-state index contributed by atoms with van der Waals surface area (Å²) >= 11 is 4.29. The summed E-state index contributed by atoms with van der Waals surface area (Å²) in [4.78, 5) is 13.3. The minimum absolute atomic E-state index is 0.0513. The number of urea groups is 1. The molecule has 0 aliphatic carbocycles. The highest BCUT2D eigenvalue weighted by Crippen LogP contribution is 2.45. The Balaban J connectivity index is 2.06. The maximum atomic E-state index is 14.2. The number of anilines is 2. The van der Waals surface area contributed by atoms with Crippen LogP contribution in [0, 0.1) is 5.82 Å². The third-order valence-electron chi connectivity index (χ3n) is 5.23. The predicted molar refractivity (Wildman–Crippen MR) is 113 cm³/mol. The summed E-state index contributed by atoms with van der Waals surface area (Å²) in [7, 11) is 0. The van der Waals surface area contributed by atoms with Gasteiger partial charge in [-0.15, -0.1) is 0 Å². The minimum atomic E-state index is -2.06. The Morgan fingerprint density at radius 3 is 2.50 bits per heavy atom. The van der Waals surface area contributed by atoms with Gasteiger partial charge in [0.05, 0.1) is 11.4 Å². The second-order valence-corrected chi connectivity index (χ2v) is 8.26. The Morgan fingerprint density at radius 2 is 1.93 bits per heavy atom. The summed E-state index contributed by atoms with van der Waals surface area (Å²) in [5.41, 5.74) is 11.9. The van der Waals surface area contributed by atoms with Gasteiger partial charge >= 0.3 is 6.03 Å². The standard InChI is InChI=1S/C19H22ClFN4O4S/c20-13-4-5-16(18(26)17(13)11-6-8-24(9-7-11)30(28)29)25(19(23)27)15-3-1-2-14(21)12(15)10-22/h1-5,11,26H,6-10,22H2,(H2,23,27)(H,28,29). The van der Waals surface area contributed by atoms with E-state index in [9.17, 15) is 23.1 Å². The van der Waals surface area contributed by atoms with Crippen LogP contribution >= 0.6 is 11.6 Å². The maximum absolute atomic E-state index is 14.2. The van der Waals surface area contributed by atoms with Crippen molar-refractivity contribution in [2.45, 2.75) is 25.3 Å². The van der Waals surface area contributed by atoms with Gasteiger partial charge < -0.3 is 16.6 Å². The van der Waals surface area contributed by atoms with Crippen molar-refractivity contribution >= 4 is 40.3 Å². The molecule has 0 bridgehead atoms. The first-order chi connectivity index (χ1) is 14.3. The van der Waals surface area contributed by atoms with Crippen molar-refractivity contribution in [2.24, 2.45) is 11.5 Å². The first kappa shape index (κ1) is 22.4. The Morgan fingerprint density at radius 1 is 1.27 bits per heavy atom. The smallest absolute Gasteiger partial charge is 0.324 e. The lowest BCUT2D eigenvalue weighted by molar-refractivity contribution is 0.255. The number of nitrogens with two attached hydrogens (primary N) is 2. The zero-order valence-corrected chi connectivity index (χ0v) is 17.5. The molecule has 2 amide bonds. The summed E-state index contributed by atoms with van der Waals surface area (Å²) in [5.74, 6) is -1.05. The molecular formula is C19H22ClFN4O4S. The number of halogens is 2. The van der Waals surface area contributed by atoms with Crippen molar-refractivity contribution in [3.8, 4) is 5.75 Å². The average molecular weight is 457 g/mol. The Hall–Kier alpha value is -2.24. The van der Waals surface area contributed by atoms with Gasteiger partial charge in [-0.2, -0.15) is 0 Å². The van der Waals surface area contributed by atoms with E-state index in [-0.39, 0.29) is 35.2 Å². The molecule has 1 saturated heterocycles. The fourth-order valence-corrected chi connectivity index (χ4v) is 4.60. The zero-order valence-electron chi connectivity index (χ0n) is 15.9. The number of benzene rings is 2. The lowest BCUT2D eigenvalue weighted by Gasteiger charge is -2.31. The lowest BCUT2D eigenvalue weighted by atomic mass is 9.89. The van der Waals surface area contributed by atoms with Crippen LogP contribution in [0.4, 0.5) is 20.6 Å². The van der Waals surface area contributed by atoms with Crippen LogP contribution in [-0.2, 0) is 17.8 Å². The van der Waals surface area contributed by atoms with E-state index in [0.29, 0.717) is 36.5 Å². The number of primary amides is 1. The number of phenols is 1. The summed E-state index contributed by atoms with van der Waals surface area (Å²) in [5, 5.41) is 11.3. The zero-order chi connectivity index (χ0) is 22.0. The van der Waals surface area contributed by atoms with E-state index < -0.39 is 23.1 Å². The van der Waals surface area contributed by atoms with Crippen LogP contribution in [0.2, 0.25) is 5.02 Å². The number of rotatable bonds is 5. The molecule has 1 heterocycles. The Bertz CT molecular complexity index is 985. The van der Waals surface area contributed by atoms with Crippen molar-refractivity contribution in [3.05, 3.63) is 52.3 Å². The number of carbonyl (C=O) groups excluding carboxylic acids is 1. The van der Waals surface area contributed by atoms with E-state index >= 15 is 0 Å². The van der Waals surface area contributed by atoms with E-state index in [1.54, 1.807) is 0 Å². The molecule has 0 radical (unpaired) electrons. The molecule has 1 aliphatic heterocycles. The van der Waals surface area contributed by atoms with Crippen molar-refractivity contribution < 1.29 is 23.1 Å². The molecule has 1 unspecified atom stereocenters. The summed E-state index contributed by atoms with van der Waals surface area (Å²) in [6.45, 7) is 0.507. The predicted octanol–water partition coefficient (Wildman–Crippen LogP) is 3.18. The maximum Gasteiger partial charge on any atom is 0.324 e. The van der Waals surface area contributed by atoms with Gasteiger partial charge in [0.25, 0.3) is 0 Å². The molecular weight excluding hydrogens is 435 g/mol. The van der Waals surface area contributed by atoms with E-state index in [1.807, 2.05) is 0 Å². The van der Waals surface area contributed by atoms with E-state index in [1.165, 1.54) is 34.6 Å². The highest BCUT2D eigenvalue weighted by molar-refractivity contribution is 7.76. The second kappa shape index (κ2) is 9.27. The molecule has 2 aromatic carbocycles. The van der Waals surface area contributed by atoms with Crippen molar-refractivity contribution in [1.82, 2.24) is 4.31 Å². The Kier molecular flexibility index (Phi) is 6.94. The van der Waals surface area contributed by atoms with Gasteiger partial charge in [-0.25, -0.2) is 17.7 Å². The van der Waals surface area contributed by atoms with Crippen LogP contribution < -0.4 is 16.4 Å². The number of amides is 2. The molecule has 0 saturated carbocycles.